The van der Waals surface area contributed by atoms with E-state index in [1.54, 1.807) is 7.11 Å². The van der Waals surface area contributed by atoms with Crippen molar-refractivity contribution in [1.29, 1.82) is 0 Å². The molecule has 0 aliphatic carbocycles. The third-order valence-electron chi connectivity index (χ3n) is 2.30. The maximum absolute atomic E-state index is 10.8. The van der Waals surface area contributed by atoms with Crippen LogP contribution in [-0.4, -0.2) is 13.0 Å². The van der Waals surface area contributed by atoms with Crippen LogP contribution in [0.15, 0.2) is 18.2 Å². The summed E-state index contributed by atoms with van der Waals surface area (Å²) in [5.41, 5.74) is 7.17. The number of primary amides is 1. The summed E-state index contributed by atoms with van der Waals surface area (Å²) >= 11 is 0. The average molecular weight is 207 g/mol. The molecule has 3 heteroatoms. The third kappa shape index (κ3) is 2.98. The molecule has 82 valence electrons. The first-order chi connectivity index (χ1) is 7.04. The molecule has 0 atom stereocenters. The Morgan fingerprint density at radius 3 is 2.60 bits per heavy atom. The van der Waals surface area contributed by atoms with E-state index in [2.05, 4.69) is 13.8 Å². The van der Waals surface area contributed by atoms with Crippen molar-refractivity contribution in [2.24, 2.45) is 5.73 Å². The number of rotatable bonds is 4. The molecule has 0 aromatic heterocycles. The number of nitrogens with two attached hydrogens (primary N) is 1. The van der Waals surface area contributed by atoms with Gasteiger partial charge in [0.2, 0.25) is 5.91 Å². The number of carbonyl (C=O) groups excluding carboxylic acids is 1. The highest BCUT2D eigenvalue weighted by atomic mass is 16.5. The first-order valence-electron chi connectivity index (χ1n) is 4.99. The van der Waals surface area contributed by atoms with Crippen LogP contribution >= 0.6 is 0 Å². The Morgan fingerprint density at radius 1 is 1.47 bits per heavy atom. The molecule has 3 nitrogen and oxygen atoms in total. The molecule has 0 fully saturated rings. The second kappa shape index (κ2) is 4.82. The molecular formula is C12H17NO2. The highest BCUT2D eigenvalue weighted by molar-refractivity contribution is 5.76. The molecule has 0 unspecified atom stereocenters. The molecule has 2 N–H and O–H groups in total. The van der Waals surface area contributed by atoms with Gasteiger partial charge in [-0.25, -0.2) is 0 Å². The Kier molecular flexibility index (Phi) is 3.72. The zero-order valence-corrected chi connectivity index (χ0v) is 9.41. The Bertz CT molecular complexity index is 359. The van der Waals surface area contributed by atoms with Gasteiger partial charge in [0.15, 0.2) is 0 Å². The molecule has 0 saturated carbocycles. The summed E-state index contributed by atoms with van der Waals surface area (Å²) in [5, 5.41) is 0. The quantitative estimate of drug-likeness (QED) is 0.819. The Morgan fingerprint density at radius 2 is 2.13 bits per heavy atom. The molecule has 0 bridgehead atoms. The van der Waals surface area contributed by atoms with Crippen LogP contribution in [0, 0.1) is 0 Å². The fourth-order valence-corrected chi connectivity index (χ4v) is 1.54. The molecular weight excluding hydrogens is 190 g/mol. The van der Waals surface area contributed by atoms with Crippen molar-refractivity contribution in [2.45, 2.75) is 26.2 Å². The maximum Gasteiger partial charge on any atom is 0.221 e. The van der Waals surface area contributed by atoms with Crippen molar-refractivity contribution in [1.82, 2.24) is 0 Å². The van der Waals surface area contributed by atoms with Crippen molar-refractivity contribution in [3.8, 4) is 5.75 Å². The number of carbonyl (C=O) groups is 1. The van der Waals surface area contributed by atoms with E-state index < -0.39 is 0 Å². The Balaban J connectivity index is 3.02. The third-order valence-corrected chi connectivity index (χ3v) is 2.30. The summed E-state index contributed by atoms with van der Waals surface area (Å²) in [6, 6.07) is 5.78. The SMILES string of the molecule is COc1cc(CC(N)=O)ccc1C(C)C. The van der Waals surface area contributed by atoms with Crippen LogP contribution in [0.2, 0.25) is 0 Å². The molecule has 15 heavy (non-hydrogen) atoms. The number of hydrogen-bond donors (Lipinski definition) is 1. The summed E-state index contributed by atoms with van der Waals surface area (Å²) in [5.74, 6) is 0.903. The van der Waals surface area contributed by atoms with Gasteiger partial charge in [-0.2, -0.15) is 0 Å². The highest BCUT2D eigenvalue weighted by Crippen LogP contribution is 2.27. The lowest BCUT2D eigenvalue weighted by atomic mass is 9.99. The van der Waals surface area contributed by atoms with Crippen LogP contribution in [-0.2, 0) is 11.2 Å². The second-order valence-corrected chi connectivity index (χ2v) is 3.87. The summed E-state index contributed by atoms with van der Waals surface area (Å²) in [4.78, 5) is 10.8. The van der Waals surface area contributed by atoms with Gasteiger partial charge in [-0.15, -0.1) is 0 Å². The van der Waals surface area contributed by atoms with Gasteiger partial charge < -0.3 is 10.5 Å². The molecule has 1 amide bonds. The minimum atomic E-state index is -0.325. The molecule has 1 rings (SSSR count). The normalized spacial score (nSPS) is 10.4. The molecule has 0 aliphatic rings. The standard InChI is InChI=1S/C12H17NO2/c1-8(2)10-5-4-9(7-12(13)14)6-11(10)15-3/h4-6,8H,7H2,1-3H3,(H2,13,14). The molecule has 1 aromatic rings. The maximum atomic E-state index is 10.8. The zero-order chi connectivity index (χ0) is 11.4. The van der Waals surface area contributed by atoms with Gasteiger partial charge in [-0.3, -0.25) is 4.79 Å². The lowest BCUT2D eigenvalue weighted by molar-refractivity contribution is -0.117. The van der Waals surface area contributed by atoms with E-state index in [0.717, 1.165) is 16.9 Å². The lowest BCUT2D eigenvalue weighted by Crippen LogP contribution is -2.13. The van der Waals surface area contributed by atoms with E-state index in [0.29, 0.717) is 5.92 Å². The van der Waals surface area contributed by atoms with Gasteiger partial charge in [0.05, 0.1) is 13.5 Å². The Hall–Kier alpha value is -1.51. The fourth-order valence-electron chi connectivity index (χ4n) is 1.54. The largest absolute Gasteiger partial charge is 0.496 e. The number of ether oxygens (including phenoxy) is 1. The van der Waals surface area contributed by atoms with Crippen LogP contribution < -0.4 is 10.5 Å². The van der Waals surface area contributed by atoms with E-state index in [4.69, 9.17) is 10.5 Å². The van der Waals surface area contributed by atoms with Crippen LogP contribution in [0.5, 0.6) is 5.75 Å². The van der Waals surface area contributed by atoms with Crippen molar-refractivity contribution in [3.63, 3.8) is 0 Å². The van der Waals surface area contributed by atoms with Crippen molar-refractivity contribution in [2.75, 3.05) is 7.11 Å². The van der Waals surface area contributed by atoms with E-state index in [1.807, 2.05) is 18.2 Å². The topological polar surface area (TPSA) is 52.3 Å². The minimum absolute atomic E-state index is 0.259. The number of methoxy groups -OCH3 is 1. The van der Waals surface area contributed by atoms with Gasteiger partial charge in [-0.05, 0) is 23.1 Å². The summed E-state index contributed by atoms with van der Waals surface area (Å²) < 4.78 is 5.28. The smallest absolute Gasteiger partial charge is 0.221 e. The number of benzene rings is 1. The van der Waals surface area contributed by atoms with Crippen LogP contribution in [0.1, 0.15) is 30.9 Å². The van der Waals surface area contributed by atoms with Gasteiger partial charge >= 0.3 is 0 Å². The van der Waals surface area contributed by atoms with Crippen molar-refractivity contribution >= 4 is 5.91 Å². The predicted octanol–water partition coefficient (Wildman–Crippen LogP) is 1.85. The van der Waals surface area contributed by atoms with Crippen molar-refractivity contribution < 1.29 is 9.53 Å². The molecule has 0 spiro atoms. The molecule has 0 aliphatic heterocycles. The first-order valence-corrected chi connectivity index (χ1v) is 4.99. The van der Waals surface area contributed by atoms with Crippen LogP contribution in [0.25, 0.3) is 0 Å². The van der Waals surface area contributed by atoms with E-state index in [1.165, 1.54) is 0 Å². The molecule has 0 saturated heterocycles. The fraction of sp³-hybridized carbons (Fsp3) is 0.417. The average Bonchev–Trinajstić information content (AvgIpc) is 2.16. The zero-order valence-electron chi connectivity index (χ0n) is 9.41. The first kappa shape index (κ1) is 11.6. The monoisotopic (exact) mass is 207 g/mol. The Labute approximate surface area is 90.2 Å². The molecule has 1 aromatic carbocycles. The minimum Gasteiger partial charge on any atom is -0.496 e. The van der Waals surface area contributed by atoms with Crippen LogP contribution in [0.3, 0.4) is 0 Å². The van der Waals surface area contributed by atoms with Crippen molar-refractivity contribution in [3.05, 3.63) is 29.3 Å². The second-order valence-electron chi connectivity index (χ2n) is 3.87. The van der Waals surface area contributed by atoms with E-state index in [9.17, 15) is 4.79 Å². The van der Waals surface area contributed by atoms with Gasteiger partial charge in [0, 0.05) is 0 Å². The molecule has 0 heterocycles. The van der Waals surface area contributed by atoms with Gasteiger partial charge in [0.25, 0.3) is 0 Å². The van der Waals surface area contributed by atoms with E-state index >= 15 is 0 Å². The predicted molar refractivity (Wildman–Crippen MR) is 60.0 cm³/mol. The summed E-state index contributed by atoms with van der Waals surface area (Å²) in [7, 11) is 1.63. The summed E-state index contributed by atoms with van der Waals surface area (Å²) in [6.45, 7) is 4.21. The highest BCUT2D eigenvalue weighted by Gasteiger charge is 2.08. The van der Waals surface area contributed by atoms with Gasteiger partial charge in [-0.1, -0.05) is 26.0 Å². The van der Waals surface area contributed by atoms with Crippen LogP contribution in [0.4, 0.5) is 0 Å². The summed E-state index contributed by atoms with van der Waals surface area (Å²) in [6.07, 6.45) is 0.259. The number of amides is 1. The number of hydrogen-bond acceptors (Lipinski definition) is 2. The molecule has 0 radical (unpaired) electrons. The van der Waals surface area contributed by atoms with E-state index in [-0.39, 0.29) is 12.3 Å². The van der Waals surface area contributed by atoms with Gasteiger partial charge in [0.1, 0.15) is 5.75 Å². The lowest BCUT2D eigenvalue weighted by Gasteiger charge is -2.12.